The Morgan fingerprint density at radius 2 is 2.17 bits per heavy atom. The number of phenols is 1. The lowest BCUT2D eigenvalue weighted by molar-refractivity contribution is 0.481. The molecule has 0 radical (unpaired) electrons. The quantitative estimate of drug-likeness (QED) is 0.652. The minimum atomic E-state index is 0.309. The van der Waals surface area contributed by atoms with Crippen LogP contribution in [0.2, 0.25) is 0 Å². The summed E-state index contributed by atoms with van der Waals surface area (Å²) in [6.45, 7) is 2.01. The van der Waals surface area contributed by atoms with Crippen molar-refractivity contribution in [3.8, 4) is 5.75 Å². The van der Waals surface area contributed by atoms with E-state index in [0.29, 0.717) is 5.75 Å². The zero-order valence-corrected chi connectivity index (χ0v) is 7.48. The fraction of sp³-hybridized carbons (Fsp3) is 0.111. The molecule has 0 saturated carbocycles. The first-order chi connectivity index (χ1) is 5.68. The molecule has 0 aliphatic rings. The molecule has 0 spiro atoms. The second-order valence-electron chi connectivity index (χ2n) is 2.79. The van der Waals surface area contributed by atoms with Crippen LogP contribution in [-0.4, -0.2) is 5.11 Å². The monoisotopic (exact) mass is 179 g/mol. The molecular weight excluding hydrogens is 170 g/mol. The van der Waals surface area contributed by atoms with Gasteiger partial charge in [-0.1, -0.05) is 6.07 Å². The van der Waals surface area contributed by atoms with E-state index in [1.807, 2.05) is 19.1 Å². The topological polar surface area (TPSA) is 46.2 Å². The van der Waals surface area contributed by atoms with Gasteiger partial charge in [-0.25, -0.2) is 0 Å². The summed E-state index contributed by atoms with van der Waals surface area (Å²) in [6, 6.07) is 5.40. The molecular formula is C9H9NOS. The van der Waals surface area contributed by atoms with Gasteiger partial charge in [0.2, 0.25) is 0 Å². The zero-order valence-electron chi connectivity index (χ0n) is 6.66. The van der Waals surface area contributed by atoms with Crippen molar-refractivity contribution < 1.29 is 5.11 Å². The number of phenolic OH excluding ortho intramolecular Hbond substituents is 1. The van der Waals surface area contributed by atoms with Crippen LogP contribution in [0.1, 0.15) is 5.56 Å². The van der Waals surface area contributed by atoms with Crippen LogP contribution < -0.4 is 5.73 Å². The average Bonchev–Trinajstić information content (AvgIpc) is 2.41. The van der Waals surface area contributed by atoms with Crippen molar-refractivity contribution in [2.24, 2.45) is 0 Å². The summed E-state index contributed by atoms with van der Waals surface area (Å²) < 4.78 is 1.08. The van der Waals surface area contributed by atoms with Crippen LogP contribution in [0.25, 0.3) is 10.1 Å². The normalized spacial score (nSPS) is 10.8. The second-order valence-corrected chi connectivity index (χ2v) is 3.88. The first-order valence-corrected chi connectivity index (χ1v) is 4.48. The van der Waals surface area contributed by atoms with Crippen molar-refractivity contribution in [1.82, 2.24) is 0 Å². The smallest absolute Gasteiger partial charge is 0.124 e. The van der Waals surface area contributed by atoms with Gasteiger partial charge in [0, 0.05) is 10.1 Å². The van der Waals surface area contributed by atoms with Crippen LogP contribution in [0.15, 0.2) is 18.2 Å². The van der Waals surface area contributed by atoms with Crippen molar-refractivity contribution in [2.75, 3.05) is 5.73 Å². The van der Waals surface area contributed by atoms with E-state index in [0.717, 1.165) is 20.7 Å². The Morgan fingerprint density at radius 3 is 2.83 bits per heavy atom. The van der Waals surface area contributed by atoms with E-state index in [1.165, 1.54) is 11.3 Å². The van der Waals surface area contributed by atoms with Crippen molar-refractivity contribution in [3.05, 3.63) is 23.8 Å². The summed E-state index contributed by atoms with van der Waals surface area (Å²) in [7, 11) is 0. The van der Waals surface area contributed by atoms with Gasteiger partial charge in [0.15, 0.2) is 0 Å². The largest absolute Gasteiger partial charge is 0.507 e. The first kappa shape index (κ1) is 7.43. The highest BCUT2D eigenvalue weighted by Crippen LogP contribution is 2.35. The molecule has 2 rings (SSSR count). The molecule has 2 nitrogen and oxygen atoms in total. The molecule has 0 amide bonds. The molecule has 1 aromatic heterocycles. The Morgan fingerprint density at radius 1 is 1.42 bits per heavy atom. The fourth-order valence-corrected chi connectivity index (χ4v) is 2.18. The van der Waals surface area contributed by atoms with E-state index in [-0.39, 0.29) is 0 Å². The fourth-order valence-electron chi connectivity index (χ4n) is 1.26. The van der Waals surface area contributed by atoms with Crippen LogP contribution in [-0.2, 0) is 0 Å². The molecule has 1 heterocycles. The van der Waals surface area contributed by atoms with Crippen molar-refractivity contribution in [3.63, 3.8) is 0 Å². The number of hydrogen-bond acceptors (Lipinski definition) is 3. The number of hydrogen-bond donors (Lipinski definition) is 2. The van der Waals surface area contributed by atoms with Crippen LogP contribution >= 0.6 is 11.3 Å². The van der Waals surface area contributed by atoms with Gasteiger partial charge >= 0.3 is 0 Å². The maximum Gasteiger partial charge on any atom is 0.124 e. The minimum Gasteiger partial charge on any atom is -0.507 e. The number of benzene rings is 1. The summed E-state index contributed by atoms with van der Waals surface area (Å²) in [4.78, 5) is 0. The Hall–Kier alpha value is -1.22. The molecule has 0 atom stereocenters. The van der Waals surface area contributed by atoms with E-state index in [4.69, 9.17) is 5.73 Å². The van der Waals surface area contributed by atoms with Crippen LogP contribution in [0, 0.1) is 6.92 Å². The highest BCUT2D eigenvalue weighted by molar-refractivity contribution is 7.22. The zero-order chi connectivity index (χ0) is 8.72. The maximum atomic E-state index is 9.46. The van der Waals surface area contributed by atoms with E-state index >= 15 is 0 Å². The molecule has 62 valence electrons. The van der Waals surface area contributed by atoms with Gasteiger partial charge in [-0.15, -0.1) is 11.3 Å². The number of nitrogen functional groups attached to an aromatic ring is 1. The summed E-state index contributed by atoms with van der Waals surface area (Å²) in [5.74, 6) is 0.309. The molecule has 3 N–H and O–H groups in total. The number of aryl methyl sites for hydroxylation is 1. The highest BCUT2D eigenvalue weighted by Gasteiger charge is 2.05. The number of fused-ring (bicyclic) bond motifs is 1. The Labute approximate surface area is 74.3 Å². The number of nitrogens with two attached hydrogens (primary N) is 1. The molecule has 0 fully saturated rings. The highest BCUT2D eigenvalue weighted by atomic mass is 32.1. The van der Waals surface area contributed by atoms with Crippen LogP contribution in [0.4, 0.5) is 5.00 Å². The lowest BCUT2D eigenvalue weighted by Gasteiger charge is -1.96. The Bertz CT molecular complexity index is 394. The Kier molecular flexibility index (Phi) is 1.48. The lowest BCUT2D eigenvalue weighted by Crippen LogP contribution is -1.73. The molecule has 0 unspecified atom stereocenters. The van der Waals surface area contributed by atoms with Crippen LogP contribution in [0.5, 0.6) is 5.75 Å². The molecule has 0 bridgehead atoms. The third-order valence-electron chi connectivity index (χ3n) is 1.88. The predicted molar refractivity (Wildman–Crippen MR) is 52.6 cm³/mol. The van der Waals surface area contributed by atoms with Gasteiger partial charge in [-0.3, -0.25) is 0 Å². The molecule has 12 heavy (non-hydrogen) atoms. The molecule has 3 heteroatoms. The molecule has 2 aromatic rings. The van der Waals surface area contributed by atoms with Gasteiger partial charge in [0.1, 0.15) is 5.75 Å². The molecule has 0 saturated heterocycles. The number of anilines is 1. The van der Waals surface area contributed by atoms with E-state index in [2.05, 4.69) is 0 Å². The number of rotatable bonds is 0. The lowest BCUT2D eigenvalue weighted by atomic mass is 10.2. The number of thiophene rings is 1. The van der Waals surface area contributed by atoms with Gasteiger partial charge in [-0.2, -0.15) is 0 Å². The van der Waals surface area contributed by atoms with E-state index in [9.17, 15) is 5.11 Å². The van der Waals surface area contributed by atoms with E-state index in [1.54, 1.807) is 6.07 Å². The summed E-state index contributed by atoms with van der Waals surface area (Å²) >= 11 is 1.51. The van der Waals surface area contributed by atoms with Crippen molar-refractivity contribution in [1.29, 1.82) is 0 Å². The predicted octanol–water partition coefficient (Wildman–Crippen LogP) is 2.50. The summed E-state index contributed by atoms with van der Waals surface area (Å²) in [5, 5.41) is 11.1. The SMILES string of the molecule is Cc1ccc(O)c2cc(N)sc12. The third kappa shape index (κ3) is 0.940. The standard InChI is InChI=1S/C9H9NOS/c1-5-2-3-7(11)6-4-8(10)12-9(5)6/h2-4,11H,10H2,1H3. The second kappa shape index (κ2) is 2.38. The molecule has 1 aromatic carbocycles. The first-order valence-electron chi connectivity index (χ1n) is 3.66. The minimum absolute atomic E-state index is 0.309. The third-order valence-corrected chi connectivity index (χ3v) is 2.98. The maximum absolute atomic E-state index is 9.46. The Balaban J connectivity index is 2.93. The molecule has 0 aliphatic carbocycles. The van der Waals surface area contributed by atoms with Crippen LogP contribution in [0.3, 0.4) is 0 Å². The molecule has 0 aliphatic heterocycles. The average molecular weight is 179 g/mol. The van der Waals surface area contributed by atoms with Crippen molar-refractivity contribution >= 4 is 26.4 Å². The number of aromatic hydroxyl groups is 1. The summed E-state index contributed by atoms with van der Waals surface area (Å²) in [5.41, 5.74) is 6.79. The van der Waals surface area contributed by atoms with Crippen molar-refractivity contribution in [2.45, 2.75) is 6.92 Å². The van der Waals surface area contributed by atoms with Gasteiger partial charge in [-0.05, 0) is 24.6 Å². The summed E-state index contributed by atoms with van der Waals surface area (Å²) in [6.07, 6.45) is 0. The van der Waals surface area contributed by atoms with Gasteiger partial charge in [0.25, 0.3) is 0 Å². The van der Waals surface area contributed by atoms with Gasteiger partial charge < -0.3 is 10.8 Å². The van der Waals surface area contributed by atoms with E-state index < -0.39 is 0 Å². The van der Waals surface area contributed by atoms with Gasteiger partial charge in [0.05, 0.1) is 5.00 Å².